The Bertz CT molecular complexity index is 879. The molecule has 0 spiro atoms. The normalized spacial score (nSPS) is 13.3. The predicted molar refractivity (Wildman–Crippen MR) is 98.6 cm³/mol. The molecular weight excluding hydrogens is 328 g/mol. The Labute approximate surface area is 152 Å². The van der Waals surface area contributed by atoms with E-state index in [2.05, 4.69) is 20.3 Å². The minimum Gasteiger partial charge on any atom is -0.497 e. The molecule has 1 aliphatic carbocycles. The van der Waals surface area contributed by atoms with E-state index in [1.54, 1.807) is 13.3 Å². The molecule has 0 amide bonds. The van der Waals surface area contributed by atoms with Gasteiger partial charge in [-0.1, -0.05) is 0 Å². The van der Waals surface area contributed by atoms with Crippen LogP contribution >= 0.6 is 0 Å². The smallest absolute Gasteiger partial charge is 0.219 e. The van der Waals surface area contributed by atoms with E-state index < -0.39 is 0 Å². The molecule has 6 heteroatoms. The Morgan fingerprint density at radius 2 is 1.77 bits per heavy atom. The van der Waals surface area contributed by atoms with Gasteiger partial charge in [-0.05, 0) is 54.8 Å². The number of ether oxygens (including phenoxy) is 2. The van der Waals surface area contributed by atoms with E-state index >= 15 is 0 Å². The van der Waals surface area contributed by atoms with Crippen LogP contribution < -0.4 is 14.8 Å². The molecule has 1 aromatic carbocycles. The summed E-state index contributed by atoms with van der Waals surface area (Å²) in [6.07, 6.45) is 5.94. The summed E-state index contributed by atoms with van der Waals surface area (Å²) < 4.78 is 11.0. The molecule has 0 radical (unpaired) electrons. The van der Waals surface area contributed by atoms with Gasteiger partial charge < -0.3 is 14.8 Å². The standard InChI is InChI=1S/C20H20N4O2/c1-25-16-4-6-17(7-5-16)26-19-12-14(8-10-21-19)13-23-18-9-11-22-20(24-18)15-2-3-15/h4-12,15H,2-3,13H2,1H3,(H,22,23,24). The first kappa shape index (κ1) is 16.3. The molecular formula is C20H20N4O2. The summed E-state index contributed by atoms with van der Waals surface area (Å²) in [5.41, 5.74) is 1.06. The summed E-state index contributed by atoms with van der Waals surface area (Å²) in [6.45, 7) is 0.641. The molecule has 1 saturated carbocycles. The van der Waals surface area contributed by atoms with E-state index in [4.69, 9.17) is 9.47 Å². The number of pyridine rings is 1. The number of nitrogens with one attached hydrogen (secondary N) is 1. The fourth-order valence-corrected chi connectivity index (χ4v) is 2.58. The molecule has 0 unspecified atom stereocenters. The summed E-state index contributed by atoms with van der Waals surface area (Å²) >= 11 is 0. The maximum atomic E-state index is 5.81. The minimum atomic E-state index is 0.544. The molecule has 0 atom stereocenters. The lowest BCUT2D eigenvalue weighted by Gasteiger charge is -2.09. The van der Waals surface area contributed by atoms with Gasteiger partial charge in [-0.2, -0.15) is 0 Å². The molecule has 1 aliphatic rings. The fourth-order valence-electron chi connectivity index (χ4n) is 2.58. The second-order valence-corrected chi connectivity index (χ2v) is 6.21. The Hall–Kier alpha value is -3.15. The first-order valence-electron chi connectivity index (χ1n) is 8.64. The lowest BCUT2D eigenvalue weighted by Crippen LogP contribution is -2.04. The average molecular weight is 348 g/mol. The first-order valence-corrected chi connectivity index (χ1v) is 8.64. The van der Waals surface area contributed by atoms with Gasteiger partial charge in [-0.15, -0.1) is 0 Å². The monoisotopic (exact) mass is 348 g/mol. The maximum Gasteiger partial charge on any atom is 0.219 e. The van der Waals surface area contributed by atoms with Crippen LogP contribution in [0.15, 0.2) is 54.9 Å². The van der Waals surface area contributed by atoms with Crippen LogP contribution in [0.3, 0.4) is 0 Å². The number of rotatable bonds is 7. The van der Waals surface area contributed by atoms with Crippen molar-refractivity contribution >= 4 is 5.82 Å². The highest BCUT2D eigenvalue weighted by Crippen LogP contribution is 2.38. The van der Waals surface area contributed by atoms with Crippen molar-refractivity contribution in [2.24, 2.45) is 0 Å². The third kappa shape index (κ3) is 4.08. The second-order valence-electron chi connectivity index (χ2n) is 6.21. The summed E-state index contributed by atoms with van der Waals surface area (Å²) in [6, 6.07) is 13.2. The lowest BCUT2D eigenvalue weighted by atomic mass is 10.2. The number of aromatic nitrogens is 3. The highest BCUT2D eigenvalue weighted by molar-refractivity contribution is 5.37. The van der Waals surface area contributed by atoms with Crippen molar-refractivity contribution in [3.8, 4) is 17.4 Å². The molecule has 1 fully saturated rings. The summed E-state index contributed by atoms with van der Waals surface area (Å²) in [7, 11) is 1.64. The molecule has 3 aromatic rings. The Balaban J connectivity index is 1.39. The van der Waals surface area contributed by atoms with Gasteiger partial charge in [0.15, 0.2) is 0 Å². The number of nitrogens with zero attached hydrogens (tertiary/aromatic N) is 3. The number of hydrogen-bond donors (Lipinski definition) is 1. The molecule has 4 rings (SSSR count). The van der Waals surface area contributed by atoms with Gasteiger partial charge in [0.2, 0.25) is 5.88 Å². The molecule has 132 valence electrons. The number of methoxy groups -OCH3 is 1. The van der Waals surface area contributed by atoms with Crippen LogP contribution in [0.5, 0.6) is 17.4 Å². The first-order chi connectivity index (χ1) is 12.8. The zero-order valence-corrected chi connectivity index (χ0v) is 14.6. The van der Waals surface area contributed by atoms with Crippen LogP contribution in [0.25, 0.3) is 0 Å². The van der Waals surface area contributed by atoms with Gasteiger partial charge in [0, 0.05) is 30.9 Å². The molecule has 26 heavy (non-hydrogen) atoms. The number of benzene rings is 1. The lowest BCUT2D eigenvalue weighted by molar-refractivity contribution is 0.412. The number of hydrogen-bond acceptors (Lipinski definition) is 6. The van der Waals surface area contributed by atoms with Gasteiger partial charge in [-0.25, -0.2) is 15.0 Å². The molecule has 0 bridgehead atoms. The van der Waals surface area contributed by atoms with Gasteiger partial charge in [0.25, 0.3) is 0 Å². The van der Waals surface area contributed by atoms with E-state index in [1.165, 1.54) is 12.8 Å². The molecule has 0 aliphatic heterocycles. The topological polar surface area (TPSA) is 69.2 Å². The Morgan fingerprint density at radius 3 is 2.54 bits per heavy atom. The van der Waals surface area contributed by atoms with Crippen LogP contribution in [-0.4, -0.2) is 22.1 Å². The second kappa shape index (κ2) is 7.39. The van der Waals surface area contributed by atoms with E-state index in [0.29, 0.717) is 24.1 Å². The zero-order valence-electron chi connectivity index (χ0n) is 14.6. The van der Waals surface area contributed by atoms with E-state index in [1.807, 2.05) is 48.7 Å². The Kier molecular flexibility index (Phi) is 4.64. The van der Waals surface area contributed by atoms with E-state index in [0.717, 1.165) is 23.0 Å². The highest BCUT2D eigenvalue weighted by Gasteiger charge is 2.26. The van der Waals surface area contributed by atoms with Crippen molar-refractivity contribution in [1.29, 1.82) is 0 Å². The molecule has 2 aromatic heterocycles. The fraction of sp³-hybridized carbons (Fsp3) is 0.250. The van der Waals surface area contributed by atoms with Crippen molar-refractivity contribution in [3.63, 3.8) is 0 Å². The van der Waals surface area contributed by atoms with Crippen LogP contribution in [0.4, 0.5) is 5.82 Å². The molecule has 1 N–H and O–H groups in total. The highest BCUT2D eigenvalue weighted by atomic mass is 16.5. The molecule has 0 saturated heterocycles. The van der Waals surface area contributed by atoms with Crippen molar-refractivity contribution in [2.75, 3.05) is 12.4 Å². The van der Waals surface area contributed by atoms with Gasteiger partial charge >= 0.3 is 0 Å². The summed E-state index contributed by atoms with van der Waals surface area (Å²) in [4.78, 5) is 13.2. The predicted octanol–water partition coefficient (Wildman–Crippen LogP) is 4.16. The van der Waals surface area contributed by atoms with E-state index in [-0.39, 0.29) is 0 Å². The largest absolute Gasteiger partial charge is 0.497 e. The van der Waals surface area contributed by atoms with E-state index in [9.17, 15) is 0 Å². The quantitative estimate of drug-likeness (QED) is 0.691. The van der Waals surface area contributed by atoms with Crippen LogP contribution in [0.1, 0.15) is 30.1 Å². The number of anilines is 1. The minimum absolute atomic E-state index is 0.544. The molecule has 6 nitrogen and oxygen atoms in total. The zero-order chi connectivity index (χ0) is 17.8. The summed E-state index contributed by atoms with van der Waals surface area (Å²) in [5.74, 6) is 4.38. The van der Waals surface area contributed by atoms with Gasteiger partial charge in [-0.3, -0.25) is 0 Å². The summed E-state index contributed by atoms with van der Waals surface area (Å²) in [5, 5.41) is 3.34. The Morgan fingerprint density at radius 1 is 1.00 bits per heavy atom. The van der Waals surface area contributed by atoms with Gasteiger partial charge in [0.1, 0.15) is 23.1 Å². The van der Waals surface area contributed by atoms with Crippen molar-refractivity contribution < 1.29 is 9.47 Å². The van der Waals surface area contributed by atoms with Crippen molar-refractivity contribution in [3.05, 3.63) is 66.2 Å². The van der Waals surface area contributed by atoms with Gasteiger partial charge in [0.05, 0.1) is 7.11 Å². The van der Waals surface area contributed by atoms with Crippen molar-refractivity contribution in [1.82, 2.24) is 15.0 Å². The maximum absolute atomic E-state index is 5.81. The SMILES string of the molecule is COc1ccc(Oc2cc(CNc3ccnc(C4CC4)n3)ccn2)cc1. The average Bonchev–Trinajstić information content (AvgIpc) is 3.53. The van der Waals surface area contributed by atoms with Crippen LogP contribution in [0, 0.1) is 0 Å². The van der Waals surface area contributed by atoms with Crippen LogP contribution in [-0.2, 0) is 6.54 Å². The third-order valence-corrected chi connectivity index (χ3v) is 4.17. The molecule has 2 heterocycles. The third-order valence-electron chi connectivity index (χ3n) is 4.17. The van der Waals surface area contributed by atoms with Crippen LogP contribution in [0.2, 0.25) is 0 Å². The van der Waals surface area contributed by atoms with Crippen molar-refractivity contribution in [2.45, 2.75) is 25.3 Å².